The third-order valence-corrected chi connectivity index (χ3v) is 5.77. The molecular weight excluding hydrogens is 334 g/mol. The van der Waals surface area contributed by atoms with Gasteiger partial charge in [-0.05, 0) is 60.6 Å². The lowest BCUT2D eigenvalue weighted by Crippen LogP contribution is -2.29. The van der Waals surface area contributed by atoms with Crippen molar-refractivity contribution in [2.24, 2.45) is 5.92 Å². The summed E-state index contributed by atoms with van der Waals surface area (Å²) < 4.78 is 1.15. The second kappa shape index (κ2) is 5.27. The van der Waals surface area contributed by atoms with Gasteiger partial charge in [-0.3, -0.25) is 0 Å². The molecule has 0 bridgehead atoms. The molecule has 0 saturated heterocycles. The Morgan fingerprint density at radius 1 is 1.14 bits per heavy atom. The molecule has 1 N–H and O–H groups in total. The second-order valence-electron chi connectivity index (χ2n) is 6.50. The molecule has 22 heavy (non-hydrogen) atoms. The van der Waals surface area contributed by atoms with Crippen LogP contribution in [-0.4, -0.2) is 0 Å². The highest BCUT2D eigenvalue weighted by molar-refractivity contribution is 9.10. The Balaban J connectivity index is 1.84. The fourth-order valence-corrected chi connectivity index (χ4v) is 4.37. The molecular formula is C20H20BrN. The van der Waals surface area contributed by atoms with Gasteiger partial charge in [0.1, 0.15) is 0 Å². The normalized spacial score (nSPS) is 25.5. The molecule has 0 fully saturated rings. The Labute approximate surface area is 140 Å². The monoisotopic (exact) mass is 353 g/mol. The van der Waals surface area contributed by atoms with Crippen molar-refractivity contribution in [3.8, 4) is 0 Å². The van der Waals surface area contributed by atoms with Crippen LogP contribution in [0, 0.1) is 19.8 Å². The van der Waals surface area contributed by atoms with E-state index in [0.29, 0.717) is 17.9 Å². The van der Waals surface area contributed by atoms with Gasteiger partial charge in [0, 0.05) is 16.1 Å². The van der Waals surface area contributed by atoms with Crippen molar-refractivity contribution >= 4 is 21.6 Å². The summed E-state index contributed by atoms with van der Waals surface area (Å²) in [4.78, 5) is 0. The minimum atomic E-state index is 0.380. The highest BCUT2D eigenvalue weighted by Gasteiger charge is 2.38. The van der Waals surface area contributed by atoms with Crippen LogP contribution in [0.1, 0.15) is 40.6 Å². The van der Waals surface area contributed by atoms with Crippen molar-refractivity contribution < 1.29 is 0 Å². The number of nitrogens with one attached hydrogen (secondary N) is 1. The smallest absolute Gasteiger partial charge is 0.0554 e. The third kappa shape index (κ3) is 2.13. The first kappa shape index (κ1) is 14.1. The Hall–Kier alpha value is -1.54. The van der Waals surface area contributed by atoms with Crippen LogP contribution < -0.4 is 5.32 Å². The van der Waals surface area contributed by atoms with Gasteiger partial charge < -0.3 is 5.32 Å². The third-order valence-electron chi connectivity index (χ3n) is 5.28. The Bertz CT molecular complexity index is 762. The van der Waals surface area contributed by atoms with Crippen molar-refractivity contribution in [2.75, 3.05) is 5.32 Å². The minimum Gasteiger partial charge on any atom is -0.377 e. The van der Waals surface area contributed by atoms with Crippen LogP contribution in [0.15, 0.2) is 53.0 Å². The molecule has 1 nitrogen and oxygen atoms in total. The molecule has 0 saturated carbocycles. The summed E-state index contributed by atoms with van der Waals surface area (Å²) >= 11 is 3.62. The van der Waals surface area contributed by atoms with Crippen molar-refractivity contribution in [1.29, 1.82) is 0 Å². The van der Waals surface area contributed by atoms with Crippen LogP contribution in [0.2, 0.25) is 0 Å². The number of anilines is 1. The van der Waals surface area contributed by atoms with Crippen molar-refractivity contribution in [3.63, 3.8) is 0 Å². The summed E-state index contributed by atoms with van der Waals surface area (Å²) in [6, 6.07) is 13.7. The van der Waals surface area contributed by atoms with Gasteiger partial charge in [-0.25, -0.2) is 0 Å². The molecule has 0 amide bonds. The summed E-state index contributed by atoms with van der Waals surface area (Å²) in [5.41, 5.74) is 6.93. The SMILES string of the molecule is Cc1ccc2c(c1C)N[C@H](c1cccc(Br)c1)[C@H]1CC=C[C@H]21. The lowest BCUT2D eigenvalue weighted by atomic mass is 9.76. The van der Waals surface area contributed by atoms with E-state index in [4.69, 9.17) is 0 Å². The number of hydrogen-bond donors (Lipinski definition) is 1. The molecule has 2 aliphatic rings. The van der Waals surface area contributed by atoms with E-state index in [1.54, 1.807) is 0 Å². The van der Waals surface area contributed by atoms with Crippen LogP contribution in [0.5, 0.6) is 0 Å². The summed E-state index contributed by atoms with van der Waals surface area (Å²) in [6.45, 7) is 4.43. The molecule has 2 aromatic carbocycles. The molecule has 2 aromatic rings. The lowest BCUT2D eigenvalue weighted by Gasteiger charge is -2.38. The molecule has 1 aliphatic carbocycles. The zero-order valence-electron chi connectivity index (χ0n) is 12.9. The average Bonchev–Trinajstić information content (AvgIpc) is 3.00. The second-order valence-corrected chi connectivity index (χ2v) is 7.42. The Morgan fingerprint density at radius 3 is 2.82 bits per heavy atom. The standard InChI is InChI=1S/C20H20BrN/c1-12-9-10-18-16-7-4-8-17(16)20(22-19(18)13(12)2)14-5-3-6-15(21)11-14/h3-7,9-11,16-17,20,22H,8H2,1-2H3/t16-,17-,20+/m0/s1. The number of rotatable bonds is 1. The molecule has 0 spiro atoms. The minimum absolute atomic E-state index is 0.380. The molecule has 2 heteroatoms. The highest BCUT2D eigenvalue weighted by Crippen LogP contribution is 2.51. The van der Waals surface area contributed by atoms with Gasteiger partial charge in [0.2, 0.25) is 0 Å². The summed E-state index contributed by atoms with van der Waals surface area (Å²) in [5, 5.41) is 3.86. The number of fused-ring (bicyclic) bond motifs is 3. The van der Waals surface area contributed by atoms with Crippen LogP contribution in [0.3, 0.4) is 0 Å². The van der Waals surface area contributed by atoms with Crippen molar-refractivity contribution in [3.05, 3.63) is 75.3 Å². The van der Waals surface area contributed by atoms with Crippen LogP contribution in [0.4, 0.5) is 5.69 Å². The Kier molecular flexibility index (Phi) is 3.37. The maximum absolute atomic E-state index is 3.86. The molecule has 3 atom stereocenters. The Morgan fingerprint density at radius 2 is 2.00 bits per heavy atom. The molecule has 112 valence electrons. The number of hydrogen-bond acceptors (Lipinski definition) is 1. The molecule has 0 radical (unpaired) electrons. The summed E-state index contributed by atoms with van der Waals surface area (Å²) in [7, 11) is 0. The topological polar surface area (TPSA) is 12.0 Å². The van der Waals surface area contributed by atoms with E-state index in [-0.39, 0.29) is 0 Å². The van der Waals surface area contributed by atoms with Gasteiger partial charge >= 0.3 is 0 Å². The summed E-state index contributed by atoms with van der Waals surface area (Å²) in [5.74, 6) is 1.16. The average molecular weight is 354 g/mol. The van der Waals surface area contributed by atoms with E-state index in [1.165, 1.54) is 27.9 Å². The maximum atomic E-state index is 3.86. The predicted octanol–water partition coefficient (Wildman–Crippen LogP) is 5.89. The van der Waals surface area contributed by atoms with Gasteiger partial charge in [-0.15, -0.1) is 0 Å². The van der Waals surface area contributed by atoms with Crippen LogP contribution in [0.25, 0.3) is 0 Å². The highest BCUT2D eigenvalue weighted by atomic mass is 79.9. The van der Waals surface area contributed by atoms with Crippen LogP contribution >= 0.6 is 15.9 Å². The molecule has 0 unspecified atom stereocenters. The van der Waals surface area contributed by atoms with E-state index >= 15 is 0 Å². The van der Waals surface area contributed by atoms with E-state index in [9.17, 15) is 0 Å². The lowest BCUT2D eigenvalue weighted by molar-refractivity contribution is 0.425. The van der Waals surface area contributed by atoms with E-state index < -0.39 is 0 Å². The van der Waals surface area contributed by atoms with E-state index in [0.717, 1.165) is 10.9 Å². The molecule has 1 heterocycles. The number of benzene rings is 2. The number of allylic oxidation sites excluding steroid dienone is 2. The molecule has 1 aliphatic heterocycles. The molecule has 0 aromatic heterocycles. The van der Waals surface area contributed by atoms with E-state index in [2.05, 4.69) is 83.6 Å². The predicted molar refractivity (Wildman–Crippen MR) is 96.4 cm³/mol. The zero-order valence-corrected chi connectivity index (χ0v) is 14.5. The fraction of sp³-hybridized carbons (Fsp3) is 0.300. The van der Waals surface area contributed by atoms with Gasteiger partial charge in [-0.2, -0.15) is 0 Å². The largest absolute Gasteiger partial charge is 0.377 e. The summed E-state index contributed by atoms with van der Waals surface area (Å²) in [6.07, 6.45) is 5.91. The van der Waals surface area contributed by atoms with Crippen molar-refractivity contribution in [1.82, 2.24) is 0 Å². The van der Waals surface area contributed by atoms with Gasteiger partial charge in [0.25, 0.3) is 0 Å². The van der Waals surface area contributed by atoms with Crippen molar-refractivity contribution in [2.45, 2.75) is 32.2 Å². The van der Waals surface area contributed by atoms with E-state index in [1.807, 2.05) is 0 Å². The quantitative estimate of drug-likeness (QED) is 0.630. The fourth-order valence-electron chi connectivity index (χ4n) is 3.95. The number of halogens is 1. The van der Waals surface area contributed by atoms with Gasteiger partial charge in [0.15, 0.2) is 0 Å². The van der Waals surface area contributed by atoms with Gasteiger partial charge in [-0.1, -0.05) is 52.3 Å². The first-order valence-electron chi connectivity index (χ1n) is 7.94. The maximum Gasteiger partial charge on any atom is 0.0554 e. The zero-order chi connectivity index (χ0) is 15.3. The van der Waals surface area contributed by atoms with Crippen LogP contribution in [-0.2, 0) is 0 Å². The first-order valence-corrected chi connectivity index (χ1v) is 8.73. The number of aryl methyl sites for hydroxylation is 1. The molecule has 4 rings (SSSR count). The first-order chi connectivity index (χ1) is 10.6. The van der Waals surface area contributed by atoms with Gasteiger partial charge in [0.05, 0.1) is 6.04 Å².